The molecule has 20 heavy (non-hydrogen) atoms. The van der Waals surface area contributed by atoms with Crippen LogP contribution in [0.2, 0.25) is 0 Å². The highest BCUT2D eigenvalue weighted by molar-refractivity contribution is 7.08. The minimum Gasteiger partial charge on any atom is -0.288 e. The van der Waals surface area contributed by atoms with Crippen LogP contribution in [0.25, 0.3) is 10.8 Å². The lowest BCUT2D eigenvalue weighted by molar-refractivity contribution is 0.104. The van der Waals surface area contributed by atoms with E-state index in [0.29, 0.717) is 10.4 Å². The summed E-state index contributed by atoms with van der Waals surface area (Å²) in [5, 5.41) is 5.95. The Labute approximate surface area is 120 Å². The first-order chi connectivity index (χ1) is 9.81. The van der Waals surface area contributed by atoms with Gasteiger partial charge in [0.05, 0.1) is 5.69 Å². The second-order valence-electron chi connectivity index (χ2n) is 4.53. The van der Waals surface area contributed by atoms with Gasteiger partial charge in [0.25, 0.3) is 0 Å². The number of hydrogen-bond acceptors (Lipinski definition) is 5. The van der Waals surface area contributed by atoms with E-state index in [0.717, 1.165) is 29.3 Å². The van der Waals surface area contributed by atoms with Crippen molar-refractivity contribution in [3.8, 4) is 0 Å². The number of carbonyl (C=O) groups is 1. The van der Waals surface area contributed by atoms with Crippen molar-refractivity contribution in [1.29, 1.82) is 0 Å². The highest BCUT2D eigenvalue weighted by Gasteiger charge is 2.19. The third-order valence-electron chi connectivity index (χ3n) is 3.17. The van der Waals surface area contributed by atoms with Crippen molar-refractivity contribution in [3.63, 3.8) is 0 Å². The Balaban J connectivity index is 2.11. The summed E-state index contributed by atoms with van der Waals surface area (Å²) in [6.07, 6.45) is 5.20. The zero-order chi connectivity index (χ0) is 13.9. The average molecular weight is 283 g/mol. The highest BCUT2D eigenvalue weighted by Crippen LogP contribution is 2.23. The molecule has 5 heteroatoms. The van der Waals surface area contributed by atoms with E-state index < -0.39 is 0 Å². The Bertz CT molecular complexity index is 761. The third-order valence-corrected chi connectivity index (χ3v) is 3.94. The van der Waals surface area contributed by atoms with Crippen molar-refractivity contribution < 1.29 is 4.79 Å². The van der Waals surface area contributed by atoms with Crippen molar-refractivity contribution in [2.24, 2.45) is 0 Å². The Morgan fingerprint density at radius 2 is 2.20 bits per heavy atom. The third kappa shape index (κ3) is 2.20. The van der Waals surface area contributed by atoms with E-state index in [1.54, 1.807) is 12.4 Å². The maximum Gasteiger partial charge on any atom is 0.207 e. The van der Waals surface area contributed by atoms with E-state index in [2.05, 4.69) is 21.5 Å². The van der Waals surface area contributed by atoms with Gasteiger partial charge in [0.2, 0.25) is 5.78 Å². The van der Waals surface area contributed by atoms with Crippen LogP contribution in [-0.2, 0) is 6.42 Å². The number of benzene rings is 1. The van der Waals surface area contributed by atoms with Gasteiger partial charge in [-0.1, -0.05) is 36.0 Å². The van der Waals surface area contributed by atoms with Gasteiger partial charge >= 0.3 is 0 Å². The standard InChI is InChI=1S/C15H13N3OS/c1-2-4-13-15(20-18-17-13)14(19)12-6-3-5-10-9-16-8-7-11(10)12/h3,5-9H,2,4H2,1H3. The first-order valence-electron chi connectivity index (χ1n) is 6.50. The molecule has 100 valence electrons. The molecule has 3 aromatic rings. The van der Waals surface area contributed by atoms with Crippen molar-refractivity contribution in [2.45, 2.75) is 19.8 Å². The molecule has 1 aromatic carbocycles. The Kier molecular flexibility index (Phi) is 3.52. The molecule has 0 spiro atoms. The number of ketones is 1. The van der Waals surface area contributed by atoms with E-state index in [1.165, 1.54) is 11.5 Å². The van der Waals surface area contributed by atoms with Crippen molar-refractivity contribution in [2.75, 3.05) is 0 Å². The van der Waals surface area contributed by atoms with Crippen LogP contribution in [0.4, 0.5) is 0 Å². The molecule has 0 unspecified atom stereocenters. The number of aryl methyl sites for hydroxylation is 1. The summed E-state index contributed by atoms with van der Waals surface area (Å²) in [5.41, 5.74) is 1.49. The van der Waals surface area contributed by atoms with Crippen LogP contribution in [0.1, 0.15) is 34.3 Å². The number of carbonyl (C=O) groups excluding carboxylic acids is 1. The summed E-state index contributed by atoms with van der Waals surface area (Å²) in [6, 6.07) is 7.55. The van der Waals surface area contributed by atoms with Crippen molar-refractivity contribution >= 4 is 28.1 Å². The summed E-state index contributed by atoms with van der Waals surface area (Å²) < 4.78 is 3.93. The van der Waals surface area contributed by atoms with Crippen LogP contribution in [0.15, 0.2) is 36.7 Å². The van der Waals surface area contributed by atoms with Gasteiger partial charge < -0.3 is 0 Å². The van der Waals surface area contributed by atoms with E-state index in [9.17, 15) is 4.79 Å². The molecule has 0 aliphatic carbocycles. The van der Waals surface area contributed by atoms with Gasteiger partial charge in [0, 0.05) is 23.3 Å². The van der Waals surface area contributed by atoms with Gasteiger partial charge in [0.1, 0.15) is 4.88 Å². The lowest BCUT2D eigenvalue weighted by Gasteiger charge is -2.04. The van der Waals surface area contributed by atoms with Gasteiger partial charge in [-0.2, -0.15) is 0 Å². The summed E-state index contributed by atoms with van der Waals surface area (Å²) in [7, 11) is 0. The predicted molar refractivity (Wildman–Crippen MR) is 79.1 cm³/mol. The first kappa shape index (κ1) is 12.9. The van der Waals surface area contributed by atoms with E-state index in [4.69, 9.17) is 0 Å². The zero-order valence-electron chi connectivity index (χ0n) is 11.0. The van der Waals surface area contributed by atoms with Gasteiger partial charge in [-0.3, -0.25) is 9.78 Å². The fraction of sp³-hybridized carbons (Fsp3) is 0.200. The molecule has 0 bridgehead atoms. The van der Waals surface area contributed by atoms with Crippen molar-refractivity contribution in [3.05, 3.63) is 52.8 Å². The van der Waals surface area contributed by atoms with Crippen LogP contribution in [-0.4, -0.2) is 20.4 Å². The lowest BCUT2D eigenvalue weighted by Crippen LogP contribution is -2.03. The molecule has 2 aromatic heterocycles. The summed E-state index contributed by atoms with van der Waals surface area (Å²) in [6.45, 7) is 2.07. The van der Waals surface area contributed by atoms with Crippen LogP contribution in [0.3, 0.4) is 0 Å². The average Bonchev–Trinajstić information content (AvgIpc) is 2.94. The zero-order valence-corrected chi connectivity index (χ0v) is 11.9. The maximum atomic E-state index is 12.7. The molecule has 4 nitrogen and oxygen atoms in total. The Hall–Kier alpha value is -2.14. The molecule has 3 rings (SSSR count). The summed E-state index contributed by atoms with van der Waals surface area (Å²) >= 11 is 1.17. The Morgan fingerprint density at radius 1 is 1.30 bits per heavy atom. The molecule has 0 aliphatic rings. The van der Waals surface area contributed by atoms with E-state index in [-0.39, 0.29) is 5.78 Å². The topological polar surface area (TPSA) is 55.7 Å². The number of rotatable bonds is 4. The number of fused-ring (bicyclic) bond motifs is 1. The molecule has 0 saturated heterocycles. The Morgan fingerprint density at radius 3 is 3.05 bits per heavy atom. The maximum absolute atomic E-state index is 12.7. The van der Waals surface area contributed by atoms with Gasteiger partial charge in [0.15, 0.2) is 0 Å². The van der Waals surface area contributed by atoms with Crippen LogP contribution in [0.5, 0.6) is 0 Å². The molecular formula is C15H13N3OS. The fourth-order valence-corrected chi connectivity index (χ4v) is 2.89. The van der Waals surface area contributed by atoms with Crippen LogP contribution >= 0.6 is 11.5 Å². The van der Waals surface area contributed by atoms with Gasteiger partial charge in [-0.15, -0.1) is 5.10 Å². The summed E-state index contributed by atoms with van der Waals surface area (Å²) in [5.74, 6) is 0.000231. The normalized spacial score (nSPS) is 10.8. The largest absolute Gasteiger partial charge is 0.288 e. The monoisotopic (exact) mass is 283 g/mol. The quantitative estimate of drug-likeness (QED) is 0.690. The minimum atomic E-state index is 0.000231. The second kappa shape index (κ2) is 5.46. The molecule has 0 fully saturated rings. The second-order valence-corrected chi connectivity index (χ2v) is 5.28. The van der Waals surface area contributed by atoms with Crippen LogP contribution in [0, 0.1) is 0 Å². The summed E-state index contributed by atoms with van der Waals surface area (Å²) in [4.78, 5) is 17.5. The molecule has 0 radical (unpaired) electrons. The number of hydrogen-bond donors (Lipinski definition) is 0. The molecular weight excluding hydrogens is 270 g/mol. The smallest absolute Gasteiger partial charge is 0.207 e. The molecule has 0 atom stereocenters. The van der Waals surface area contributed by atoms with E-state index in [1.807, 2.05) is 24.3 Å². The fourth-order valence-electron chi connectivity index (χ4n) is 2.22. The lowest BCUT2D eigenvalue weighted by atomic mass is 10.0. The molecule has 2 heterocycles. The highest BCUT2D eigenvalue weighted by atomic mass is 32.1. The van der Waals surface area contributed by atoms with Gasteiger partial charge in [-0.25, -0.2) is 0 Å². The van der Waals surface area contributed by atoms with E-state index >= 15 is 0 Å². The molecule has 0 saturated carbocycles. The van der Waals surface area contributed by atoms with Crippen LogP contribution < -0.4 is 0 Å². The first-order valence-corrected chi connectivity index (χ1v) is 7.27. The predicted octanol–water partition coefficient (Wildman–Crippen LogP) is 3.27. The number of aromatic nitrogens is 3. The molecule has 0 aliphatic heterocycles. The van der Waals surface area contributed by atoms with Crippen molar-refractivity contribution in [1.82, 2.24) is 14.6 Å². The minimum absolute atomic E-state index is 0.000231. The SMILES string of the molecule is CCCc1nnsc1C(=O)c1cccc2cnccc12. The van der Waals surface area contributed by atoms with Gasteiger partial charge in [-0.05, 0) is 29.4 Å². The number of pyridine rings is 1. The molecule has 0 N–H and O–H groups in total. The number of nitrogens with zero attached hydrogens (tertiary/aromatic N) is 3. The molecule has 0 amide bonds.